The highest BCUT2D eigenvalue weighted by molar-refractivity contribution is 6.34. The van der Waals surface area contributed by atoms with Gasteiger partial charge in [-0.2, -0.15) is 5.10 Å². The number of methoxy groups -OCH3 is 1. The zero-order valence-corrected chi connectivity index (χ0v) is 18.3. The van der Waals surface area contributed by atoms with Crippen LogP contribution in [0.4, 0.5) is 13.2 Å². The zero-order chi connectivity index (χ0) is 23.2. The number of benzene rings is 1. The van der Waals surface area contributed by atoms with Crippen LogP contribution < -0.4 is 4.74 Å². The number of halogens is 4. The molecule has 1 aliphatic heterocycles. The quantitative estimate of drug-likeness (QED) is 0.546. The molecule has 2 aromatic heterocycles. The standard InChI is InChI=1S/C22H20ClF3N4O2/c1-11-18-15(5-7-30(11)22(31)19-17(23)16(32-3)4-6-27-19)20(29(2)28-18)12-8-13(21(25)26)10-14(24)9-12/h4,6,8-11,21H,5,7H2,1-3H3/t11-/m0/s1. The van der Waals surface area contributed by atoms with Crippen molar-refractivity contribution < 1.29 is 22.7 Å². The van der Waals surface area contributed by atoms with Crippen molar-refractivity contribution in [1.29, 1.82) is 0 Å². The van der Waals surface area contributed by atoms with Crippen molar-refractivity contribution in [1.82, 2.24) is 19.7 Å². The second kappa shape index (κ2) is 8.46. The predicted octanol–water partition coefficient (Wildman–Crippen LogP) is 4.98. The van der Waals surface area contributed by atoms with Gasteiger partial charge in [0.05, 0.1) is 24.5 Å². The lowest BCUT2D eigenvalue weighted by atomic mass is 9.94. The second-order valence-corrected chi connectivity index (χ2v) is 7.89. The third kappa shape index (κ3) is 3.70. The lowest BCUT2D eigenvalue weighted by molar-refractivity contribution is 0.0667. The summed E-state index contributed by atoms with van der Waals surface area (Å²) in [7, 11) is 3.12. The van der Waals surface area contributed by atoms with Gasteiger partial charge in [-0.3, -0.25) is 9.48 Å². The van der Waals surface area contributed by atoms with Crippen molar-refractivity contribution in [2.24, 2.45) is 7.05 Å². The number of aryl methyl sites for hydroxylation is 1. The number of carbonyl (C=O) groups excluding carboxylic acids is 1. The van der Waals surface area contributed by atoms with Gasteiger partial charge in [0.2, 0.25) is 0 Å². The number of hydrogen-bond donors (Lipinski definition) is 0. The molecule has 0 fully saturated rings. The van der Waals surface area contributed by atoms with Crippen LogP contribution in [0.25, 0.3) is 11.3 Å². The van der Waals surface area contributed by atoms with Crippen molar-refractivity contribution >= 4 is 17.5 Å². The van der Waals surface area contributed by atoms with Crippen LogP contribution in [0.5, 0.6) is 5.75 Å². The third-order valence-electron chi connectivity index (χ3n) is 5.62. The number of amides is 1. The number of alkyl halides is 2. The number of fused-ring (bicyclic) bond motifs is 1. The van der Waals surface area contributed by atoms with Gasteiger partial charge in [0.25, 0.3) is 12.3 Å². The van der Waals surface area contributed by atoms with E-state index < -0.39 is 23.8 Å². The molecule has 4 rings (SSSR count). The van der Waals surface area contributed by atoms with Crippen LogP contribution in [0.3, 0.4) is 0 Å². The molecular formula is C22H20ClF3N4O2. The molecule has 1 amide bonds. The Bertz CT molecular complexity index is 1200. The van der Waals surface area contributed by atoms with Gasteiger partial charge < -0.3 is 9.64 Å². The molecule has 32 heavy (non-hydrogen) atoms. The monoisotopic (exact) mass is 464 g/mol. The number of nitrogens with zero attached hydrogens (tertiary/aromatic N) is 4. The van der Waals surface area contributed by atoms with Crippen molar-refractivity contribution in [2.45, 2.75) is 25.8 Å². The van der Waals surface area contributed by atoms with Gasteiger partial charge in [0.1, 0.15) is 16.6 Å². The normalized spacial score (nSPS) is 15.8. The van der Waals surface area contributed by atoms with Gasteiger partial charge in [-0.05, 0) is 31.5 Å². The van der Waals surface area contributed by atoms with Crippen LogP contribution in [0.2, 0.25) is 5.02 Å². The molecule has 0 aliphatic carbocycles. The summed E-state index contributed by atoms with van der Waals surface area (Å²) in [4.78, 5) is 18.9. The van der Waals surface area contributed by atoms with E-state index in [2.05, 4.69) is 10.1 Å². The maximum atomic E-state index is 14.0. The largest absolute Gasteiger partial charge is 0.495 e. The number of aromatic nitrogens is 3. The maximum Gasteiger partial charge on any atom is 0.274 e. The average molecular weight is 465 g/mol. The molecule has 10 heteroatoms. The summed E-state index contributed by atoms with van der Waals surface area (Å²) in [6.45, 7) is 2.15. The number of carbonyl (C=O) groups is 1. The lowest BCUT2D eigenvalue weighted by Crippen LogP contribution is -2.39. The van der Waals surface area contributed by atoms with Gasteiger partial charge >= 0.3 is 0 Å². The molecule has 0 bridgehead atoms. The van der Waals surface area contributed by atoms with Crippen molar-refractivity contribution in [3.05, 3.63) is 63.8 Å². The highest BCUT2D eigenvalue weighted by atomic mass is 35.5. The Kier molecular flexibility index (Phi) is 5.85. The van der Waals surface area contributed by atoms with E-state index in [1.807, 2.05) is 6.92 Å². The minimum Gasteiger partial charge on any atom is -0.495 e. The minimum absolute atomic E-state index is 0.0733. The topological polar surface area (TPSA) is 60.2 Å². The Hall–Kier alpha value is -3.07. The van der Waals surface area contributed by atoms with E-state index in [-0.39, 0.29) is 16.6 Å². The highest BCUT2D eigenvalue weighted by Crippen LogP contribution is 2.38. The smallest absolute Gasteiger partial charge is 0.274 e. The van der Waals surface area contributed by atoms with Gasteiger partial charge in [0, 0.05) is 42.5 Å². The molecule has 6 nitrogen and oxygen atoms in total. The van der Waals surface area contributed by atoms with Crippen molar-refractivity contribution in [3.63, 3.8) is 0 Å². The molecule has 0 N–H and O–H groups in total. The number of rotatable bonds is 4. The number of pyridine rings is 1. The zero-order valence-electron chi connectivity index (χ0n) is 17.6. The summed E-state index contributed by atoms with van der Waals surface area (Å²) >= 11 is 6.28. The molecule has 0 unspecified atom stereocenters. The van der Waals surface area contributed by atoms with E-state index in [0.717, 1.165) is 11.6 Å². The Morgan fingerprint density at radius 1 is 1.31 bits per heavy atom. The molecule has 3 heterocycles. The van der Waals surface area contributed by atoms with Crippen LogP contribution in [-0.2, 0) is 13.5 Å². The SMILES string of the molecule is COc1ccnc(C(=O)N2CCc3c(nn(C)c3-c3cc(F)cc(C(F)F)c3)[C@@H]2C)c1Cl. The Labute approximate surface area is 187 Å². The van der Waals surface area contributed by atoms with E-state index in [4.69, 9.17) is 16.3 Å². The molecular weight excluding hydrogens is 445 g/mol. The predicted molar refractivity (Wildman–Crippen MR) is 113 cm³/mol. The summed E-state index contributed by atoms with van der Waals surface area (Å²) < 4.78 is 47.1. The molecule has 0 spiro atoms. The van der Waals surface area contributed by atoms with E-state index in [1.54, 1.807) is 18.0 Å². The third-order valence-corrected chi connectivity index (χ3v) is 5.99. The first-order valence-corrected chi connectivity index (χ1v) is 10.2. The Morgan fingerprint density at radius 3 is 2.75 bits per heavy atom. The first-order chi connectivity index (χ1) is 15.2. The molecule has 1 atom stereocenters. The fourth-order valence-corrected chi connectivity index (χ4v) is 4.40. The first-order valence-electron chi connectivity index (χ1n) is 9.87. The van der Waals surface area contributed by atoms with Crippen LogP contribution in [0.15, 0.2) is 30.5 Å². The van der Waals surface area contributed by atoms with Crippen molar-refractivity contribution in [2.75, 3.05) is 13.7 Å². The molecule has 0 saturated heterocycles. The van der Waals surface area contributed by atoms with E-state index >= 15 is 0 Å². The van der Waals surface area contributed by atoms with Gasteiger partial charge in [-0.15, -0.1) is 0 Å². The van der Waals surface area contributed by atoms with E-state index in [9.17, 15) is 18.0 Å². The number of hydrogen-bond acceptors (Lipinski definition) is 4. The van der Waals surface area contributed by atoms with Crippen LogP contribution in [-0.4, -0.2) is 39.2 Å². The van der Waals surface area contributed by atoms with Gasteiger partial charge in [-0.1, -0.05) is 11.6 Å². The minimum atomic E-state index is -2.79. The number of ether oxygens (including phenoxy) is 1. The van der Waals surface area contributed by atoms with Crippen LogP contribution in [0, 0.1) is 5.82 Å². The summed E-state index contributed by atoms with van der Waals surface area (Å²) in [5.74, 6) is -0.770. The van der Waals surface area contributed by atoms with Gasteiger partial charge in [-0.25, -0.2) is 18.2 Å². The van der Waals surface area contributed by atoms with Gasteiger partial charge in [0.15, 0.2) is 5.69 Å². The Morgan fingerprint density at radius 2 is 2.06 bits per heavy atom. The highest BCUT2D eigenvalue weighted by Gasteiger charge is 2.35. The first kappa shape index (κ1) is 22.1. The molecule has 1 aliphatic rings. The second-order valence-electron chi connectivity index (χ2n) is 7.51. The van der Waals surface area contributed by atoms with Crippen LogP contribution in [0.1, 0.15) is 46.7 Å². The van der Waals surface area contributed by atoms with Crippen molar-refractivity contribution in [3.8, 4) is 17.0 Å². The summed E-state index contributed by atoms with van der Waals surface area (Å²) in [5, 5.41) is 4.65. The molecule has 0 radical (unpaired) electrons. The molecule has 3 aromatic rings. The average Bonchev–Trinajstić information content (AvgIpc) is 3.10. The Balaban J connectivity index is 1.72. The lowest BCUT2D eigenvalue weighted by Gasteiger charge is -2.33. The fourth-order valence-electron chi connectivity index (χ4n) is 4.13. The molecule has 0 saturated carbocycles. The fraction of sp³-hybridized carbons (Fsp3) is 0.318. The molecule has 168 valence electrons. The summed E-state index contributed by atoms with van der Waals surface area (Å²) in [6.07, 6.45) is -0.932. The van der Waals surface area contributed by atoms with Crippen LogP contribution >= 0.6 is 11.6 Å². The maximum absolute atomic E-state index is 14.0. The summed E-state index contributed by atoms with van der Waals surface area (Å²) in [6, 6.07) is 4.44. The summed E-state index contributed by atoms with van der Waals surface area (Å²) in [5.41, 5.74) is 1.96. The molecule has 1 aromatic carbocycles. The van der Waals surface area contributed by atoms with E-state index in [0.29, 0.717) is 35.7 Å². The van der Waals surface area contributed by atoms with E-state index in [1.165, 1.54) is 30.1 Å².